The maximum atomic E-state index is 13.7. The fourth-order valence-corrected chi connectivity index (χ4v) is 2.87. The van der Waals surface area contributed by atoms with Gasteiger partial charge in [-0.15, -0.1) is 24.0 Å². The summed E-state index contributed by atoms with van der Waals surface area (Å²) in [5.41, 5.74) is 0.722. The second-order valence-electron chi connectivity index (χ2n) is 5.46. The first-order valence-electron chi connectivity index (χ1n) is 7.75. The minimum absolute atomic E-state index is 0. The first-order valence-corrected chi connectivity index (χ1v) is 8.54. The average molecular weight is 500 g/mol. The number of guanidine groups is 1. The van der Waals surface area contributed by atoms with Crippen molar-refractivity contribution >= 4 is 45.9 Å². The zero-order valence-corrected chi connectivity index (χ0v) is 17.2. The number of rotatable bonds is 5. The van der Waals surface area contributed by atoms with Gasteiger partial charge in [0.1, 0.15) is 5.82 Å². The van der Waals surface area contributed by atoms with Crippen LogP contribution in [0.1, 0.15) is 25.3 Å². The molecule has 1 saturated heterocycles. The molecule has 1 heterocycles. The van der Waals surface area contributed by atoms with Gasteiger partial charge in [-0.25, -0.2) is 4.39 Å². The van der Waals surface area contributed by atoms with Gasteiger partial charge >= 0.3 is 0 Å². The summed E-state index contributed by atoms with van der Waals surface area (Å²) in [7, 11) is 0. The van der Waals surface area contributed by atoms with E-state index in [1.165, 1.54) is 6.07 Å². The summed E-state index contributed by atoms with van der Waals surface area (Å²) in [6, 6.07) is 5.16. The van der Waals surface area contributed by atoms with Crippen LogP contribution in [-0.4, -0.2) is 48.2 Å². The Bertz CT molecular complexity index is 530. The highest BCUT2D eigenvalue weighted by atomic mass is 127. The van der Waals surface area contributed by atoms with Crippen molar-refractivity contribution in [2.45, 2.75) is 32.3 Å². The number of hydrogen-bond donors (Lipinski definition) is 2. The number of benzene rings is 1. The lowest BCUT2D eigenvalue weighted by molar-refractivity contribution is 0.188. The standard InChI is InChI=1S/C16H23BrFN3O.HI/c1-2-19-16(21-9-7-14(22)11-21)20-8-3-4-12-5-6-13(17)10-15(12)18;/h5-6,10,14,22H,2-4,7-9,11H2,1H3,(H,19,20);1H/t14-;/m1./s1. The van der Waals surface area contributed by atoms with Crippen molar-refractivity contribution < 1.29 is 9.50 Å². The fraction of sp³-hybridized carbons (Fsp3) is 0.562. The van der Waals surface area contributed by atoms with E-state index in [2.05, 4.69) is 31.1 Å². The lowest BCUT2D eigenvalue weighted by Crippen LogP contribution is -2.40. The highest BCUT2D eigenvalue weighted by Gasteiger charge is 2.22. The number of aliphatic imine (C=N–C) groups is 1. The molecule has 0 spiro atoms. The number of aliphatic hydroxyl groups is 1. The number of aryl methyl sites for hydroxylation is 1. The maximum absolute atomic E-state index is 13.7. The van der Waals surface area contributed by atoms with Gasteiger partial charge in [-0.3, -0.25) is 4.99 Å². The Kier molecular flexibility index (Phi) is 9.38. The number of nitrogens with zero attached hydrogens (tertiary/aromatic N) is 2. The molecule has 4 nitrogen and oxygen atoms in total. The number of hydrogen-bond acceptors (Lipinski definition) is 2. The number of nitrogens with one attached hydrogen (secondary N) is 1. The molecule has 0 aliphatic carbocycles. The Morgan fingerprint density at radius 2 is 2.30 bits per heavy atom. The van der Waals surface area contributed by atoms with E-state index in [1.54, 1.807) is 0 Å². The Morgan fingerprint density at radius 1 is 1.52 bits per heavy atom. The zero-order chi connectivity index (χ0) is 15.9. The largest absolute Gasteiger partial charge is 0.391 e. The molecule has 0 bridgehead atoms. The average Bonchev–Trinajstić information content (AvgIpc) is 2.90. The Morgan fingerprint density at radius 3 is 2.91 bits per heavy atom. The van der Waals surface area contributed by atoms with Crippen molar-refractivity contribution in [3.8, 4) is 0 Å². The Hall–Kier alpha value is -0.410. The molecular formula is C16H24BrFIN3O. The highest BCUT2D eigenvalue weighted by Crippen LogP contribution is 2.16. The molecule has 130 valence electrons. The third kappa shape index (κ3) is 6.54. The zero-order valence-electron chi connectivity index (χ0n) is 13.3. The maximum Gasteiger partial charge on any atom is 0.194 e. The third-order valence-corrected chi connectivity index (χ3v) is 4.17. The van der Waals surface area contributed by atoms with Crippen LogP contribution in [-0.2, 0) is 6.42 Å². The first kappa shape index (κ1) is 20.6. The summed E-state index contributed by atoms with van der Waals surface area (Å²) in [6.45, 7) is 4.93. The molecule has 1 aliphatic rings. The van der Waals surface area contributed by atoms with Crippen LogP contribution in [0.25, 0.3) is 0 Å². The van der Waals surface area contributed by atoms with Crippen LogP contribution in [0, 0.1) is 5.82 Å². The van der Waals surface area contributed by atoms with Crippen molar-refractivity contribution in [3.05, 3.63) is 34.1 Å². The van der Waals surface area contributed by atoms with Gasteiger partial charge in [-0.1, -0.05) is 22.0 Å². The molecule has 1 aromatic rings. The van der Waals surface area contributed by atoms with Gasteiger partial charge in [0, 0.05) is 30.7 Å². The van der Waals surface area contributed by atoms with Gasteiger partial charge in [-0.05, 0) is 43.9 Å². The van der Waals surface area contributed by atoms with E-state index >= 15 is 0 Å². The molecule has 1 aromatic carbocycles. The minimum Gasteiger partial charge on any atom is -0.391 e. The Labute approximate surface area is 162 Å². The van der Waals surface area contributed by atoms with Crippen molar-refractivity contribution in [1.29, 1.82) is 0 Å². The summed E-state index contributed by atoms with van der Waals surface area (Å²) >= 11 is 3.26. The smallest absolute Gasteiger partial charge is 0.194 e. The number of aliphatic hydroxyl groups excluding tert-OH is 1. The van der Waals surface area contributed by atoms with E-state index in [0.717, 1.165) is 41.9 Å². The number of likely N-dealkylation sites (tertiary alicyclic amines) is 1. The van der Waals surface area contributed by atoms with Gasteiger partial charge in [0.05, 0.1) is 6.10 Å². The van der Waals surface area contributed by atoms with Crippen LogP contribution in [0.4, 0.5) is 4.39 Å². The Balaban J connectivity index is 0.00000264. The summed E-state index contributed by atoms with van der Waals surface area (Å²) in [5, 5.41) is 12.9. The quantitative estimate of drug-likeness (QED) is 0.283. The molecule has 0 saturated carbocycles. The minimum atomic E-state index is -0.263. The molecule has 7 heteroatoms. The molecule has 1 atom stereocenters. The summed E-state index contributed by atoms with van der Waals surface area (Å²) in [6.07, 6.45) is 1.99. The van der Waals surface area contributed by atoms with E-state index < -0.39 is 0 Å². The molecule has 1 fully saturated rings. The SMILES string of the molecule is CCNC(=NCCCc1ccc(Br)cc1F)N1CC[C@@H](O)C1.I. The summed E-state index contributed by atoms with van der Waals surface area (Å²) in [5.74, 6) is 0.670. The monoisotopic (exact) mass is 499 g/mol. The number of β-amino-alcohol motifs (C(OH)–C–C–N with tert-alkyl or cyclic N) is 1. The van der Waals surface area contributed by atoms with Crippen LogP contribution in [0.15, 0.2) is 27.7 Å². The molecule has 2 N–H and O–H groups in total. The van der Waals surface area contributed by atoms with Crippen LogP contribution in [0.2, 0.25) is 0 Å². The van der Waals surface area contributed by atoms with E-state index in [0.29, 0.717) is 19.5 Å². The van der Waals surface area contributed by atoms with E-state index in [4.69, 9.17) is 0 Å². The van der Waals surface area contributed by atoms with Crippen LogP contribution < -0.4 is 5.32 Å². The van der Waals surface area contributed by atoms with Crippen molar-refractivity contribution in [3.63, 3.8) is 0 Å². The molecule has 0 amide bonds. The molecule has 1 aliphatic heterocycles. The highest BCUT2D eigenvalue weighted by molar-refractivity contribution is 14.0. The van der Waals surface area contributed by atoms with E-state index in [1.807, 2.05) is 19.1 Å². The molecular weight excluding hydrogens is 476 g/mol. The second-order valence-corrected chi connectivity index (χ2v) is 6.38. The first-order chi connectivity index (χ1) is 10.6. The molecule has 0 aromatic heterocycles. The fourth-order valence-electron chi connectivity index (χ4n) is 2.54. The van der Waals surface area contributed by atoms with Crippen LogP contribution in [0.3, 0.4) is 0 Å². The second kappa shape index (κ2) is 10.5. The van der Waals surface area contributed by atoms with Crippen molar-refractivity contribution in [1.82, 2.24) is 10.2 Å². The van der Waals surface area contributed by atoms with Crippen molar-refractivity contribution in [2.75, 3.05) is 26.2 Å². The number of halogens is 3. The van der Waals surface area contributed by atoms with Gasteiger partial charge in [0.15, 0.2) is 5.96 Å². The van der Waals surface area contributed by atoms with E-state index in [9.17, 15) is 9.50 Å². The molecule has 23 heavy (non-hydrogen) atoms. The topological polar surface area (TPSA) is 47.9 Å². The molecule has 0 unspecified atom stereocenters. The van der Waals surface area contributed by atoms with Crippen LogP contribution in [0.5, 0.6) is 0 Å². The third-order valence-electron chi connectivity index (χ3n) is 3.68. The van der Waals surface area contributed by atoms with Gasteiger partial charge in [0.2, 0.25) is 0 Å². The van der Waals surface area contributed by atoms with Gasteiger partial charge in [-0.2, -0.15) is 0 Å². The lowest BCUT2D eigenvalue weighted by atomic mass is 10.1. The predicted molar refractivity (Wildman–Crippen MR) is 106 cm³/mol. The summed E-state index contributed by atoms with van der Waals surface area (Å²) in [4.78, 5) is 6.66. The van der Waals surface area contributed by atoms with Gasteiger partial charge < -0.3 is 15.3 Å². The molecule has 2 rings (SSSR count). The lowest BCUT2D eigenvalue weighted by Gasteiger charge is -2.20. The predicted octanol–water partition coefficient (Wildman–Crippen LogP) is 3.17. The van der Waals surface area contributed by atoms with E-state index in [-0.39, 0.29) is 35.9 Å². The molecule has 0 radical (unpaired) electrons. The normalized spacial score (nSPS) is 18.0. The van der Waals surface area contributed by atoms with Gasteiger partial charge in [0.25, 0.3) is 0 Å². The van der Waals surface area contributed by atoms with Crippen LogP contribution >= 0.6 is 39.9 Å². The van der Waals surface area contributed by atoms with Crippen molar-refractivity contribution in [2.24, 2.45) is 4.99 Å². The summed E-state index contributed by atoms with van der Waals surface area (Å²) < 4.78 is 14.5.